The molecule has 0 saturated heterocycles. The van der Waals surface area contributed by atoms with Crippen molar-refractivity contribution in [2.75, 3.05) is 0 Å². The summed E-state index contributed by atoms with van der Waals surface area (Å²) < 4.78 is 0. The molecule has 0 atom stereocenters. The van der Waals surface area contributed by atoms with Crippen molar-refractivity contribution in [1.29, 1.82) is 0 Å². The van der Waals surface area contributed by atoms with Gasteiger partial charge < -0.3 is 5.11 Å². The van der Waals surface area contributed by atoms with E-state index in [1.165, 1.54) is 64.2 Å². The van der Waals surface area contributed by atoms with Crippen LogP contribution in [0.3, 0.4) is 0 Å². The van der Waals surface area contributed by atoms with Crippen LogP contribution in [-0.4, -0.2) is 17.4 Å². The van der Waals surface area contributed by atoms with E-state index in [4.69, 9.17) is 4.99 Å². The first-order valence-electron chi connectivity index (χ1n) is 8.69. The van der Waals surface area contributed by atoms with E-state index in [2.05, 4.69) is 12.1 Å². The summed E-state index contributed by atoms with van der Waals surface area (Å²) in [6, 6.07) is 6.64. The molecular formula is C19H27NO. The maximum Gasteiger partial charge on any atom is 0.127 e. The average molecular weight is 285 g/mol. The summed E-state index contributed by atoms with van der Waals surface area (Å²) in [6.45, 7) is 0. The van der Waals surface area contributed by atoms with Gasteiger partial charge in [0, 0.05) is 17.8 Å². The Hall–Kier alpha value is -1.31. The van der Waals surface area contributed by atoms with Crippen LogP contribution in [0, 0.1) is 0 Å². The van der Waals surface area contributed by atoms with Crippen molar-refractivity contribution < 1.29 is 5.11 Å². The van der Waals surface area contributed by atoms with Crippen LogP contribution >= 0.6 is 0 Å². The monoisotopic (exact) mass is 285 g/mol. The third kappa shape index (κ3) is 3.66. The van der Waals surface area contributed by atoms with Gasteiger partial charge in [-0.1, -0.05) is 50.7 Å². The average Bonchev–Trinajstić information content (AvgIpc) is 2.56. The molecule has 3 rings (SSSR count). The van der Waals surface area contributed by atoms with Crippen molar-refractivity contribution >= 4 is 6.21 Å². The first kappa shape index (κ1) is 14.6. The van der Waals surface area contributed by atoms with Gasteiger partial charge in [0.25, 0.3) is 0 Å². The molecule has 0 unspecified atom stereocenters. The number of phenols is 1. The van der Waals surface area contributed by atoms with Gasteiger partial charge in [-0.2, -0.15) is 0 Å². The molecule has 0 aromatic heterocycles. The lowest BCUT2D eigenvalue weighted by Crippen LogP contribution is -2.10. The van der Waals surface area contributed by atoms with Crippen LogP contribution in [0.4, 0.5) is 0 Å². The van der Waals surface area contributed by atoms with E-state index in [0.717, 1.165) is 11.1 Å². The minimum absolute atomic E-state index is 0.469. The zero-order chi connectivity index (χ0) is 14.5. The van der Waals surface area contributed by atoms with E-state index in [-0.39, 0.29) is 0 Å². The molecule has 0 aliphatic heterocycles. The van der Waals surface area contributed by atoms with Crippen LogP contribution in [0.1, 0.15) is 81.3 Å². The lowest BCUT2D eigenvalue weighted by molar-refractivity contribution is 0.414. The van der Waals surface area contributed by atoms with Crippen LogP contribution in [0.15, 0.2) is 23.2 Å². The number of rotatable bonds is 3. The minimum atomic E-state index is 0.469. The molecule has 1 aromatic carbocycles. The van der Waals surface area contributed by atoms with Crippen LogP contribution in [0.25, 0.3) is 0 Å². The van der Waals surface area contributed by atoms with Crippen LogP contribution < -0.4 is 0 Å². The Morgan fingerprint density at radius 3 is 2.29 bits per heavy atom. The number of nitrogens with zero attached hydrogens (tertiary/aromatic N) is 1. The number of benzene rings is 1. The van der Waals surface area contributed by atoms with Crippen molar-refractivity contribution in [2.45, 2.75) is 76.2 Å². The number of hydrogen-bond acceptors (Lipinski definition) is 2. The number of para-hydroxylation sites is 1. The standard InChI is InChI=1S/C19H27NO/c21-19-16(14-20-17-11-5-2-6-12-17)10-7-13-18(19)15-8-3-1-4-9-15/h7,10,13-15,17,21H,1-6,8-9,11-12H2. The fourth-order valence-corrected chi connectivity index (χ4v) is 3.84. The first-order valence-corrected chi connectivity index (χ1v) is 8.69. The predicted octanol–water partition coefficient (Wildman–Crippen LogP) is 5.19. The Bertz CT molecular complexity index is 482. The summed E-state index contributed by atoms with van der Waals surface area (Å²) >= 11 is 0. The van der Waals surface area contributed by atoms with E-state index < -0.39 is 0 Å². The molecule has 21 heavy (non-hydrogen) atoms. The smallest absolute Gasteiger partial charge is 0.127 e. The molecule has 0 heterocycles. The van der Waals surface area contributed by atoms with Gasteiger partial charge in [0.05, 0.1) is 0 Å². The van der Waals surface area contributed by atoms with Crippen molar-refractivity contribution in [2.24, 2.45) is 4.99 Å². The first-order chi connectivity index (χ1) is 10.3. The highest BCUT2D eigenvalue weighted by molar-refractivity contribution is 5.84. The number of phenolic OH excluding ortho intramolecular Hbond substituents is 1. The van der Waals surface area contributed by atoms with Gasteiger partial charge >= 0.3 is 0 Å². The van der Waals surface area contributed by atoms with Gasteiger partial charge in [0.1, 0.15) is 5.75 Å². The predicted molar refractivity (Wildman–Crippen MR) is 88.4 cm³/mol. The molecule has 1 N–H and O–H groups in total. The quantitative estimate of drug-likeness (QED) is 0.761. The molecule has 0 amide bonds. The molecule has 0 bridgehead atoms. The Morgan fingerprint density at radius 1 is 0.905 bits per heavy atom. The number of aromatic hydroxyl groups is 1. The molecule has 2 aliphatic carbocycles. The highest BCUT2D eigenvalue weighted by Crippen LogP contribution is 2.38. The highest BCUT2D eigenvalue weighted by atomic mass is 16.3. The van der Waals surface area contributed by atoms with Gasteiger partial charge in [-0.25, -0.2) is 0 Å². The third-order valence-corrected chi connectivity index (χ3v) is 5.14. The molecule has 114 valence electrons. The Balaban J connectivity index is 1.74. The van der Waals surface area contributed by atoms with E-state index in [9.17, 15) is 5.11 Å². The molecule has 2 nitrogen and oxygen atoms in total. The largest absolute Gasteiger partial charge is 0.507 e. The van der Waals surface area contributed by atoms with Crippen LogP contribution in [0.2, 0.25) is 0 Å². The summed E-state index contributed by atoms with van der Waals surface area (Å²) in [5.41, 5.74) is 2.05. The molecule has 2 heteroatoms. The van der Waals surface area contributed by atoms with E-state index in [1.807, 2.05) is 12.3 Å². The fraction of sp³-hybridized carbons (Fsp3) is 0.632. The lowest BCUT2D eigenvalue weighted by Gasteiger charge is -2.23. The van der Waals surface area contributed by atoms with Gasteiger partial charge in [0.15, 0.2) is 0 Å². The van der Waals surface area contributed by atoms with Gasteiger partial charge in [-0.3, -0.25) is 4.99 Å². The zero-order valence-corrected chi connectivity index (χ0v) is 12.9. The Morgan fingerprint density at radius 2 is 1.57 bits per heavy atom. The topological polar surface area (TPSA) is 32.6 Å². The molecular weight excluding hydrogens is 258 g/mol. The Labute approximate surface area is 128 Å². The summed E-state index contributed by atoms with van der Waals surface area (Å²) in [7, 11) is 0. The SMILES string of the molecule is Oc1c(C=NC2CCCCC2)cccc1C1CCCCC1. The summed E-state index contributed by atoms with van der Waals surface area (Å²) in [4.78, 5) is 4.72. The highest BCUT2D eigenvalue weighted by Gasteiger charge is 2.19. The molecule has 2 fully saturated rings. The third-order valence-electron chi connectivity index (χ3n) is 5.14. The number of aliphatic imine (C=N–C) groups is 1. The fourth-order valence-electron chi connectivity index (χ4n) is 3.84. The summed E-state index contributed by atoms with van der Waals surface area (Å²) in [6.07, 6.45) is 14.7. The zero-order valence-electron chi connectivity index (χ0n) is 12.9. The maximum absolute atomic E-state index is 10.6. The van der Waals surface area contributed by atoms with Crippen LogP contribution in [-0.2, 0) is 0 Å². The van der Waals surface area contributed by atoms with E-state index >= 15 is 0 Å². The second-order valence-electron chi connectivity index (χ2n) is 6.69. The van der Waals surface area contributed by atoms with Crippen molar-refractivity contribution in [3.8, 4) is 5.75 Å². The molecule has 0 radical (unpaired) electrons. The van der Waals surface area contributed by atoms with Gasteiger partial charge in [-0.05, 0) is 43.2 Å². The lowest BCUT2D eigenvalue weighted by atomic mass is 9.83. The molecule has 1 aromatic rings. The van der Waals surface area contributed by atoms with Gasteiger partial charge in [-0.15, -0.1) is 0 Å². The van der Waals surface area contributed by atoms with Crippen molar-refractivity contribution in [3.63, 3.8) is 0 Å². The normalized spacial score (nSPS) is 21.9. The van der Waals surface area contributed by atoms with E-state index in [1.54, 1.807) is 0 Å². The summed E-state index contributed by atoms with van der Waals surface area (Å²) in [5.74, 6) is 1.02. The second-order valence-corrected chi connectivity index (χ2v) is 6.69. The second kappa shape index (κ2) is 7.11. The van der Waals surface area contributed by atoms with Crippen molar-refractivity contribution in [1.82, 2.24) is 0 Å². The minimum Gasteiger partial charge on any atom is -0.507 e. The molecule has 2 saturated carbocycles. The Kier molecular flexibility index (Phi) is 4.95. The van der Waals surface area contributed by atoms with Crippen LogP contribution in [0.5, 0.6) is 5.75 Å². The van der Waals surface area contributed by atoms with E-state index in [0.29, 0.717) is 17.7 Å². The molecule has 2 aliphatic rings. The molecule has 0 spiro atoms. The number of hydrogen-bond donors (Lipinski definition) is 1. The maximum atomic E-state index is 10.6. The van der Waals surface area contributed by atoms with Gasteiger partial charge in [0.2, 0.25) is 0 Å². The summed E-state index contributed by atoms with van der Waals surface area (Å²) in [5, 5.41) is 10.6. The van der Waals surface area contributed by atoms with Crippen molar-refractivity contribution in [3.05, 3.63) is 29.3 Å².